The van der Waals surface area contributed by atoms with Crippen molar-refractivity contribution in [3.05, 3.63) is 103 Å². The Bertz CT molecular complexity index is 1290. The van der Waals surface area contributed by atoms with Crippen molar-refractivity contribution in [2.45, 2.75) is 6.61 Å². The Morgan fingerprint density at radius 2 is 1.28 bits per heavy atom. The lowest BCUT2D eigenvalue weighted by Gasteiger charge is -2.25. The highest BCUT2D eigenvalue weighted by Crippen LogP contribution is 2.38. The summed E-state index contributed by atoms with van der Waals surface area (Å²) in [5, 5.41) is 11.9. The van der Waals surface area contributed by atoms with Crippen molar-refractivity contribution in [2.24, 2.45) is 7.05 Å². The van der Waals surface area contributed by atoms with E-state index >= 15 is 0 Å². The zero-order valence-corrected chi connectivity index (χ0v) is 16.3. The summed E-state index contributed by atoms with van der Waals surface area (Å²) < 4.78 is 2.25. The molecule has 1 heterocycles. The second-order valence-corrected chi connectivity index (χ2v) is 7.27. The van der Waals surface area contributed by atoms with Crippen LogP contribution in [0.3, 0.4) is 0 Å². The molecule has 0 radical (unpaired) electrons. The highest BCUT2D eigenvalue weighted by molar-refractivity contribution is 6.09. The van der Waals surface area contributed by atoms with Gasteiger partial charge in [-0.1, -0.05) is 48.5 Å². The van der Waals surface area contributed by atoms with Crippen LogP contribution < -0.4 is 4.90 Å². The quantitative estimate of drug-likeness (QED) is 0.398. The molecule has 0 bridgehead atoms. The number of anilines is 3. The second-order valence-electron chi connectivity index (χ2n) is 7.27. The van der Waals surface area contributed by atoms with Crippen molar-refractivity contribution >= 4 is 38.9 Å². The number of rotatable bonds is 4. The molecule has 3 nitrogen and oxygen atoms in total. The van der Waals surface area contributed by atoms with E-state index in [-0.39, 0.29) is 6.61 Å². The van der Waals surface area contributed by atoms with E-state index in [0.29, 0.717) is 0 Å². The van der Waals surface area contributed by atoms with Gasteiger partial charge in [0.15, 0.2) is 0 Å². The monoisotopic (exact) mass is 378 g/mol. The molecular weight excluding hydrogens is 356 g/mol. The Balaban J connectivity index is 1.73. The molecule has 0 spiro atoms. The van der Waals surface area contributed by atoms with E-state index in [4.69, 9.17) is 0 Å². The minimum absolute atomic E-state index is 0.0492. The van der Waals surface area contributed by atoms with Crippen molar-refractivity contribution in [2.75, 3.05) is 4.90 Å². The van der Waals surface area contributed by atoms with Gasteiger partial charge < -0.3 is 14.6 Å². The lowest BCUT2D eigenvalue weighted by molar-refractivity contribution is 0.282. The van der Waals surface area contributed by atoms with Gasteiger partial charge >= 0.3 is 0 Å². The number of nitrogens with zero attached hydrogens (tertiary/aromatic N) is 2. The molecule has 29 heavy (non-hydrogen) atoms. The van der Waals surface area contributed by atoms with Crippen LogP contribution in [0.4, 0.5) is 17.1 Å². The topological polar surface area (TPSA) is 28.4 Å². The first-order valence-electron chi connectivity index (χ1n) is 9.78. The van der Waals surface area contributed by atoms with Crippen LogP contribution in [0.25, 0.3) is 21.8 Å². The second kappa shape index (κ2) is 7.12. The van der Waals surface area contributed by atoms with Crippen molar-refractivity contribution in [1.29, 1.82) is 0 Å². The molecule has 0 atom stereocenters. The molecule has 142 valence electrons. The normalized spacial score (nSPS) is 11.2. The van der Waals surface area contributed by atoms with Crippen LogP contribution in [0.1, 0.15) is 5.56 Å². The molecule has 1 N–H and O–H groups in total. The fourth-order valence-electron chi connectivity index (χ4n) is 4.07. The Hall–Kier alpha value is -3.56. The van der Waals surface area contributed by atoms with Crippen LogP contribution >= 0.6 is 0 Å². The third-order valence-corrected chi connectivity index (χ3v) is 5.55. The average Bonchev–Trinajstić information content (AvgIpc) is 3.07. The standard InChI is InChI=1S/C26H22N2O/c1-27-25-10-6-5-9-23(25)24-17-22(15-16-26(24)27)28(20-7-3-2-4-8-20)21-13-11-19(18-29)12-14-21/h2-17,29H,18H2,1H3. The lowest BCUT2D eigenvalue weighted by Crippen LogP contribution is -2.09. The van der Waals surface area contributed by atoms with E-state index in [0.717, 1.165) is 22.6 Å². The van der Waals surface area contributed by atoms with E-state index < -0.39 is 0 Å². The van der Waals surface area contributed by atoms with Gasteiger partial charge in [0, 0.05) is 45.9 Å². The fourth-order valence-corrected chi connectivity index (χ4v) is 4.07. The zero-order valence-electron chi connectivity index (χ0n) is 16.3. The average molecular weight is 378 g/mol. The van der Waals surface area contributed by atoms with Crippen LogP contribution in [0.5, 0.6) is 0 Å². The molecular formula is C26H22N2O. The van der Waals surface area contributed by atoms with Gasteiger partial charge in [0.2, 0.25) is 0 Å². The summed E-state index contributed by atoms with van der Waals surface area (Å²) in [4.78, 5) is 2.25. The molecule has 0 amide bonds. The first kappa shape index (κ1) is 17.5. The third kappa shape index (κ3) is 2.96. The van der Waals surface area contributed by atoms with E-state index in [1.165, 1.54) is 21.8 Å². The molecule has 0 aliphatic carbocycles. The van der Waals surface area contributed by atoms with Gasteiger partial charge in [0.05, 0.1) is 6.61 Å². The molecule has 0 aliphatic heterocycles. The lowest BCUT2D eigenvalue weighted by atomic mass is 10.1. The van der Waals surface area contributed by atoms with Gasteiger partial charge in [-0.15, -0.1) is 0 Å². The van der Waals surface area contributed by atoms with Gasteiger partial charge in [-0.3, -0.25) is 0 Å². The van der Waals surface area contributed by atoms with Crippen molar-refractivity contribution < 1.29 is 5.11 Å². The van der Waals surface area contributed by atoms with E-state index in [1.807, 2.05) is 18.2 Å². The van der Waals surface area contributed by atoms with Gasteiger partial charge in [-0.2, -0.15) is 0 Å². The van der Waals surface area contributed by atoms with Crippen LogP contribution in [0.2, 0.25) is 0 Å². The summed E-state index contributed by atoms with van der Waals surface area (Å²) in [7, 11) is 2.12. The van der Waals surface area contributed by atoms with Crippen molar-refractivity contribution in [3.8, 4) is 0 Å². The van der Waals surface area contributed by atoms with Crippen molar-refractivity contribution in [1.82, 2.24) is 4.57 Å². The number of aliphatic hydroxyl groups is 1. The van der Waals surface area contributed by atoms with Crippen LogP contribution in [-0.4, -0.2) is 9.67 Å². The molecule has 0 fully saturated rings. The number of para-hydroxylation sites is 2. The largest absolute Gasteiger partial charge is 0.392 e. The first-order chi connectivity index (χ1) is 14.3. The minimum Gasteiger partial charge on any atom is -0.392 e. The molecule has 4 aromatic carbocycles. The number of benzene rings is 4. The summed E-state index contributed by atoms with van der Waals surface area (Å²) in [6.45, 7) is 0.0492. The fraction of sp³-hybridized carbons (Fsp3) is 0.0769. The SMILES string of the molecule is Cn1c2ccccc2c2cc(N(c3ccccc3)c3ccc(CO)cc3)ccc21. The van der Waals surface area contributed by atoms with Crippen LogP contribution in [0, 0.1) is 0 Å². The highest BCUT2D eigenvalue weighted by atomic mass is 16.3. The predicted molar refractivity (Wildman–Crippen MR) is 121 cm³/mol. The molecule has 0 unspecified atom stereocenters. The molecule has 3 heteroatoms. The van der Waals surface area contributed by atoms with Gasteiger partial charge in [0.25, 0.3) is 0 Å². The van der Waals surface area contributed by atoms with Crippen LogP contribution in [0.15, 0.2) is 97.1 Å². The molecule has 0 saturated heterocycles. The third-order valence-electron chi connectivity index (χ3n) is 5.55. The van der Waals surface area contributed by atoms with Gasteiger partial charge in [0.1, 0.15) is 0 Å². The van der Waals surface area contributed by atoms with Gasteiger partial charge in [-0.05, 0) is 54.1 Å². The Morgan fingerprint density at radius 3 is 2.03 bits per heavy atom. The number of hydrogen-bond acceptors (Lipinski definition) is 2. The number of aromatic nitrogens is 1. The molecule has 0 saturated carbocycles. The van der Waals surface area contributed by atoms with E-state index in [2.05, 4.69) is 95.4 Å². The number of hydrogen-bond donors (Lipinski definition) is 1. The molecule has 1 aromatic heterocycles. The molecule has 0 aliphatic rings. The maximum atomic E-state index is 9.41. The van der Waals surface area contributed by atoms with E-state index in [1.54, 1.807) is 0 Å². The number of fused-ring (bicyclic) bond motifs is 3. The van der Waals surface area contributed by atoms with Crippen LogP contribution in [-0.2, 0) is 13.7 Å². The first-order valence-corrected chi connectivity index (χ1v) is 9.78. The summed E-state index contributed by atoms with van der Waals surface area (Å²) >= 11 is 0. The number of aryl methyl sites for hydroxylation is 1. The Morgan fingerprint density at radius 1 is 0.655 bits per heavy atom. The summed E-state index contributed by atoms with van der Waals surface area (Å²) in [5.74, 6) is 0. The molecule has 5 rings (SSSR count). The van der Waals surface area contributed by atoms with Gasteiger partial charge in [-0.25, -0.2) is 0 Å². The molecule has 5 aromatic rings. The number of aliphatic hydroxyl groups excluding tert-OH is 1. The van der Waals surface area contributed by atoms with Crippen molar-refractivity contribution in [3.63, 3.8) is 0 Å². The Kier molecular flexibility index (Phi) is 4.30. The maximum absolute atomic E-state index is 9.41. The maximum Gasteiger partial charge on any atom is 0.0681 e. The minimum atomic E-state index is 0.0492. The highest BCUT2D eigenvalue weighted by Gasteiger charge is 2.15. The summed E-state index contributed by atoms with van der Waals surface area (Å²) in [6, 6.07) is 33.6. The predicted octanol–water partition coefficient (Wildman–Crippen LogP) is 6.29. The van der Waals surface area contributed by atoms with E-state index in [9.17, 15) is 5.11 Å². The zero-order chi connectivity index (χ0) is 19.8. The smallest absolute Gasteiger partial charge is 0.0681 e. The Labute approximate surface area is 170 Å². The summed E-state index contributed by atoms with van der Waals surface area (Å²) in [6.07, 6.45) is 0. The summed E-state index contributed by atoms with van der Waals surface area (Å²) in [5.41, 5.74) is 6.64.